The molecule has 4 heteroatoms. The smallest absolute Gasteiger partial charge is 0.254 e. The number of anilines is 1. The van der Waals surface area contributed by atoms with Crippen LogP contribution < -0.4 is 10.6 Å². The minimum absolute atomic E-state index is 0.0178. The van der Waals surface area contributed by atoms with Crippen LogP contribution in [0.2, 0.25) is 0 Å². The van der Waals surface area contributed by atoms with Gasteiger partial charge in [-0.1, -0.05) is 13.3 Å². The number of carbonyl (C=O) groups is 1. The average molecular weight is 275 g/mol. The van der Waals surface area contributed by atoms with Crippen molar-refractivity contribution in [2.75, 3.05) is 18.4 Å². The summed E-state index contributed by atoms with van der Waals surface area (Å²) in [5.41, 5.74) is 2.81. The van der Waals surface area contributed by atoms with Crippen LogP contribution in [0.3, 0.4) is 0 Å². The zero-order valence-corrected chi connectivity index (χ0v) is 12.8. The zero-order valence-electron chi connectivity index (χ0n) is 12.8. The molecule has 1 aliphatic rings. The van der Waals surface area contributed by atoms with Crippen LogP contribution in [-0.4, -0.2) is 24.0 Å². The highest BCUT2D eigenvalue weighted by molar-refractivity contribution is 5.99. The highest BCUT2D eigenvalue weighted by atomic mass is 16.1. The fourth-order valence-corrected chi connectivity index (χ4v) is 2.66. The molecule has 1 aromatic heterocycles. The second kappa shape index (κ2) is 6.25. The minimum Gasteiger partial charge on any atom is -0.385 e. The van der Waals surface area contributed by atoms with Gasteiger partial charge in [0, 0.05) is 25.0 Å². The Morgan fingerprint density at radius 1 is 1.40 bits per heavy atom. The predicted molar refractivity (Wildman–Crippen MR) is 82.0 cm³/mol. The molecule has 2 N–H and O–H groups in total. The molecule has 1 saturated carbocycles. The van der Waals surface area contributed by atoms with Gasteiger partial charge in [0.05, 0.1) is 11.3 Å². The van der Waals surface area contributed by atoms with E-state index in [1.807, 2.05) is 19.9 Å². The van der Waals surface area contributed by atoms with Crippen molar-refractivity contribution in [1.29, 1.82) is 0 Å². The highest BCUT2D eigenvalue weighted by Crippen LogP contribution is 2.48. The molecular formula is C16H25N3O. The lowest BCUT2D eigenvalue weighted by atomic mass is 10.0. The molecule has 20 heavy (non-hydrogen) atoms. The summed E-state index contributed by atoms with van der Waals surface area (Å²) >= 11 is 0. The summed E-state index contributed by atoms with van der Waals surface area (Å²) in [6.45, 7) is 7.75. The van der Waals surface area contributed by atoms with Crippen molar-refractivity contribution in [1.82, 2.24) is 10.3 Å². The Morgan fingerprint density at radius 3 is 2.75 bits per heavy atom. The third kappa shape index (κ3) is 3.50. The van der Waals surface area contributed by atoms with Crippen molar-refractivity contribution in [2.45, 2.75) is 46.5 Å². The van der Waals surface area contributed by atoms with E-state index in [0.717, 1.165) is 24.5 Å². The van der Waals surface area contributed by atoms with Gasteiger partial charge in [0.25, 0.3) is 5.91 Å². The molecule has 1 heterocycles. The number of rotatable bonds is 7. The molecule has 1 aliphatic carbocycles. The second-order valence-corrected chi connectivity index (χ2v) is 5.83. The highest BCUT2D eigenvalue weighted by Gasteiger charge is 2.41. The number of amides is 1. The molecule has 1 fully saturated rings. The number of aryl methyl sites for hydroxylation is 1. The molecule has 2 rings (SSSR count). The van der Waals surface area contributed by atoms with Gasteiger partial charge in [0.15, 0.2) is 0 Å². The number of hydrogen-bond donors (Lipinski definition) is 2. The van der Waals surface area contributed by atoms with Crippen LogP contribution in [0.25, 0.3) is 0 Å². The van der Waals surface area contributed by atoms with Crippen molar-refractivity contribution in [3.8, 4) is 0 Å². The Morgan fingerprint density at radius 2 is 2.15 bits per heavy atom. The van der Waals surface area contributed by atoms with E-state index in [0.29, 0.717) is 11.0 Å². The maximum absolute atomic E-state index is 12.3. The predicted octanol–water partition coefficient (Wildman–Crippen LogP) is 3.13. The van der Waals surface area contributed by atoms with Crippen molar-refractivity contribution in [3.63, 3.8) is 0 Å². The van der Waals surface area contributed by atoms with Gasteiger partial charge in [0.2, 0.25) is 0 Å². The van der Waals surface area contributed by atoms with Gasteiger partial charge < -0.3 is 10.6 Å². The fraction of sp³-hybridized carbons (Fsp3) is 0.625. The lowest BCUT2D eigenvalue weighted by Gasteiger charge is -2.16. The molecule has 0 spiro atoms. The standard InChI is InChI=1S/C16H25N3O/c1-4-6-16(7-8-16)11-19-15(20)13-10-18-12(3)9-14(13)17-5-2/h9-10H,4-8,11H2,1-3H3,(H,17,18)(H,19,20). The van der Waals surface area contributed by atoms with E-state index in [2.05, 4.69) is 22.5 Å². The van der Waals surface area contributed by atoms with Crippen LogP contribution in [0.4, 0.5) is 5.69 Å². The van der Waals surface area contributed by atoms with E-state index in [4.69, 9.17) is 0 Å². The zero-order chi connectivity index (χ0) is 14.6. The Labute approximate surface area is 121 Å². The van der Waals surface area contributed by atoms with Crippen LogP contribution in [0.5, 0.6) is 0 Å². The minimum atomic E-state index is -0.0178. The number of pyridine rings is 1. The van der Waals surface area contributed by atoms with Gasteiger partial charge >= 0.3 is 0 Å². The topological polar surface area (TPSA) is 54.0 Å². The largest absolute Gasteiger partial charge is 0.385 e. The first-order valence-electron chi connectivity index (χ1n) is 7.59. The average Bonchev–Trinajstić information content (AvgIpc) is 3.17. The van der Waals surface area contributed by atoms with E-state index < -0.39 is 0 Å². The monoisotopic (exact) mass is 275 g/mol. The van der Waals surface area contributed by atoms with Crippen LogP contribution >= 0.6 is 0 Å². The van der Waals surface area contributed by atoms with Gasteiger partial charge in [-0.05, 0) is 44.6 Å². The lowest BCUT2D eigenvalue weighted by Crippen LogP contribution is -2.31. The Hall–Kier alpha value is -1.58. The van der Waals surface area contributed by atoms with E-state index >= 15 is 0 Å². The molecule has 1 aromatic rings. The number of hydrogen-bond acceptors (Lipinski definition) is 3. The first-order chi connectivity index (χ1) is 9.60. The first-order valence-corrected chi connectivity index (χ1v) is 7.59. The van der Waals surface area contributed by atoms with Gasteiger partial charge in [-0.2, -0.15) is 0 Å². The molecule has 0 radical (unpaired) electrons. The molecule has 1 amide bonds. The normalized spacial score (nSPS) is 15.8. The van der Waals surface area contributed by atoms with E-state index in [1.165, 1.54) is 25.7 Å². The third-order valence-electron chi connectivity index (χ3n) is 4.01. The van der Waals surface area contributed by atoms with Crippen LogP contribution in [0.1, 0.15) is 55.6 Å². The summed E-state index contributed by atoms with van der Waals surface area (Å²) in [5.74, 6) is -0.0178. The van der Waals surface area contributed by atoms with Crippen LogP contribution in [0.15, 0.2) is 12.3 Å². The molecular weight excluding hydrogens is 250 g/mol. The maximum atomic E-state index is 12.3. The quantitative estimate of drug-likeness (QED) is 0.804. The van der Waals surface area contributed by atoms with Crippen LogP contribution in [0, 0.1) is 12.3 Å². The fourth-order valence-electron chi connectivity index (χ4n) is 2.66. The second-order valence-electron chi connectivity index (χ2n) is 5.83. The number of carbonyl (C=O) groups excluding carboxylic acids is 1. The number of nitrogens with one attached hydrogen (secondary N) is 2. The number of aromatic nitrogens is 1. The molecule has 0 unspecified atom stereocenters. The first kappa shape index (κ1) is 14.8. The maximum Gasteiger partial charge on any atom is 0.254 e. The van der Waals surface area contributed by atoms with E-state index in [-0.39, 0.29) is 5.91 Å². The third-order valence-corrected chi connectivity index (χ3v) is 4.01. The molecule has 0 aliphatic heterocycles. The summed E-state index contributed by atoms with van der Waals surface area (Å²) in [6, 6.07) is 1.93. The molecule has 0 aromatic carbocycles. The van der Waals surface area contributed by atoms with Crippen molar-refractivity contribution < 1.29 is 4.79 Å². The Balaban J connectivity index is 2.02. The van der Waals surface area contributed by atoms with Gasteiger partial charge in [-0.25, -0.2) is 0 Å². The van der Waals surface area contributed by atoms with Crippen molar-refractivity contribution in [3.05, 3.63) is 23.5 Å². The van der Waals surface area contributed by atoms with Crippen molar-refractivity contribution in [2.24, 2.45) is 5.41 Å². The number of nitrogens with zero attached hydrogens (tertiary/aromatic N) is 1. The van der Waals surface area contributed by atoms with Gasteiger partial charge in [-0.15, -0.1) is 0 Å². The van der Waals surface area contributed by atoms with E-state index in [1.54, 1.807) is 6.20 Å². The molecule has 0 atom stereocenters. The molecule has 4 nitrogen and oxygen atoms in total. The van der Waals surface area contributed by atoms with Crippen molar-refractivity contribution >= 4 is 11.6 Å². The Bertz CT molecular complexity index is 481. The molecule has 0 saturated heterocycles. The summed E-state index contributed by atoms with van der Waals surface area (Å²) in [7, 11) is 0. The summed E-state index contributed by atoms with van der Waals surface area (Å²) < 4.78 is 0. The lowest BCUT2D eigenvalue weighted by molar-refractivity contribution is 0.0944. The Kier molecular flexibility index (Phi) is 4.63. The summed E-state index contributed by atoms with van der Waals surface area (Å²) in [5, 5.41) is 6.32. The molecule has 0 bridgehead atoms. The van der Waals surface area contributed by atoms with Gasteiger partial charge in [0.1, 0.15) is 0 Å². The van der Waals surface area contributed by atoms with Gasteiger partial charge in [-0.3, -0.25) is 9.78 Å². The summed E-state index contributed by atoms with van der Waals surface area (Å²) in [6.07, 6.45) is 6.55. The summed E-state index contributed by atoms with van der Waals surface area (Å²) in [4.78, 5) is 16.6. The SMILES string of the molecule is CCCC1(CNC(=O)c2cnc(C)cc2NCC)CC1. The van der Waals surface area contributed by atoms with E-state index in [9.17, 15) is 4.79 Å². The molecule has 110 valence electrons. The van der Waals surface area contributed by atoms with Crippen LogP contribution in [-0.2, 0) is 0 Å².